The first kappa shape index (κ1) is 24.3. The van der Waals surface area contributed by atoms with Crippen molar-refractivity contribution in [1.82, 2.24) is 0 Å². The lowest BCUT2D eigenvalue weighted by molar-refractivity contribution is -0.381. The van der Waals surface area contributed by atoms with Crippen molar-refractivity contribution in [3.63, 3.8) is 0 Å². The molecule has 8 heteroatoms. The van der Waals surface area contributed by atoms with Crippen LogP contribution >= 0.6 is 0 Å². The zero-order valence-electron chi connectivity index (χ0n) is 16.2. The summed E-state index contributed by atoms with van der Waals surface area (Å²) in [5.74, 6) is -4.48. The van der Waals surface area contributed by atoms with Crippen LogP contribution in [-0.2, 0) is 9.53 Å². The fraction of sp³-hybridized carbons (Fsp3) is 0.947. The fourth-order valence-corrected chi connectivity index (χ4v) is 3.63. The van der Waals surface area contributed by atoms with Crippen molar-refractivity contribution < 1.29 is 40.2 Å². The van der Waals surface area contributed by atoms with Crippen LogP contribution in [0.25, 0.3) is 0 Å². The van der Waals surface area contributed by atoms with Crippen molar-refractivity contribution in [3.05, 3.63) is 0 Å². The van der Waals surface area contributed by atoms with Crippen molar-refractivity contribution in [2.75, 3.05) is 6.61 Å². The van der Waals surface area contributed by atoms with Crippen LogP contribution in [0.1, 0.15) is 77.6 Å². The van der Waals surface area contributed by atoms with Gasteiger partial charge in [-0.25, -0.2) is 4.79 Å². The van der Waals surface area contributed by atoms with Gasteiger partial charge in [-0.2, -0.15) is 0 Å². The molecule has 5 atom stereocenters. The molecule has 0 saturated carbocycles. The summed E-state index contributed by atoms with van der Waals surface area (Å²) in [6.07, 6.45) is 4.69. The van der Waals surface area contributed by atoms with Crippen molar-refractivity contribution >= 4 is 5.97 Å². The molecule has 0 aromatic heterocycles. The van der Waals surface area contributed by atoms with Gasteiger partial charge >= 0.3 is 5.97 Å². The van der Waals surface area contributed by atoms with Gasteiger partial charge in [-0.1, -0.05) is 64.7 Å². The largest absolute Gasteiger partial charge is 0.479 e. The van der Waals surface area contributed by atoms with Crippen LogP contribution in [0.2, 0.25) is 0 Å². The van der Waals surface area contributed by atoms with Crippen LogP contribution in [0, 0.1) is 0 Å². The van der Waals surface area contributed by atoms with E-state index in [-0.39, 0.29) is 6.42 Å². The Bertz CT molecular complexity index is 445. The second-order valence-electron chi connectivity index (χ2n) is 7.56. The number of rotatable bonds is 13. The van der Waals surface area contributed by atoms with Gasteiger partial charge in [0.1, 0.15) is 18.3 Å². The van der Waals surface area contributed by atoms with Crippen LogP contribution in [0.15, 0.2) is 0 Å². The van der Waals surface area contributed by atoms with Crippen molar-refractivity contribution in [2.24, 2.45) is 0 Å². The first-order valence-corrected chi connectivity index (χ1v) is 10.1. The molecule has 0 aromatic rings. The van der Waals surface area contributed by atoms with Crippen molar-refractivity contribution in [3.8, 4) is 0 Å². The Kier molecular flexibility index (Phi) is 10.1. The Labute approximate surface area is 160 Å². The smallest absolute Gasteiger partial charge is 0.344 e. The highest BCUT2D eigenvalue weighted by atomic mass is 16.7. The van der Waals surface area contributed by atoms with Gasteiger partial charge in [0.15, 0.2) is 0 Å². The number of aliphatic hydroxyl groups is 5. The second-order valence-corrected chi connectivity index (χ2v) is 7.56. The Balaban J connectivity index is 2.49. The summed E-state index contributed by atoms with van der Waals surface area (Å²) >= 11 is 0. The van der Waals surface area contributed by atoms with Crippen LogP contribution in [0.3, 0.4) is 0 Å². The predicted octanol–water partition coefficient (Wildman–Crippen LogP) is 0.915. The maximum Gasteiger partial charge on any atom is 0.344 e. The molecule has 0 aliphatic carbocycles. The van der Waals surface area contributed by atoms with Crippen molar-refractivity contribution in [2.45, 2.75) is 107 Å². The van der Waals surface area contributed by atoms with E-state index in [0.717, 1.165) is 19.3 Å². The predicted molar refractivity (Wildman–Crippen MR) is 98.0 cm³/mol. The molecule has 160 valence electrons. The van der Waals surface area contributed by atoms with E-state index in [0.29, 0.717) is 12.8 Å². The maximum absolute atomic E-state index is 11.5. The van der Waals surface area contributed by atoms with Crippen LogP contribution in [0.5, 0.6) is 0 Å². The Morgan fingerprint density at radius 3 is 1.85 bits per heavy atom. The van der Waals surface area contributed by atoms with E-state index in [1.807, 2.05) is 0 Å². The third-order valence-electron chi connectivity index (χ3n) is 5.45. The molecule has 0 spiro atoms. The van der Waals surface area contributed by atoms with E-state index in [1.165, 1.54) is 32.1 Å². The SMILES string of the molecule is CCCCCCCCCCCCC1(O)O[C@H](CO)[C@@H](O)[C@H](O)[C@]1(O)C(=O)O. The molecule has 8 nitrogen and oxygen atoms in total. The summed E-state index contributed by atoms with van der Waals surface area (Å²) in [4.78, 5) is 11.5. The molecule has 1 rings (SSSR count). The number of hydrogen-bond acceptors (Lipinski definition) is 7. The Morgan fingerprint density at radius 2 is 1.41 bits per heavy atom. The van der Waals surface area contributed by atoms with Crippen molar-refractivity contribution in [1.29, 1.82) is 0 Å². The maximum atomic E-state index is 11.5. The summed E-state index contributed by atoms with van der Waals surface area (Å²) in [6, 6.07) is 0. The molecule has 27 heavy (non-hydrogen) atoms. The molecule has 1 heterocycles. The minimum atomic E-state index is -3.07. The minimum Gasteiger partial charge on any atom is -0.479 e. The fourth-order valence-electron chi connectivity index (χ4n) is 3.63. The number of carboxylic acid groups (broad SMARTS) is 1. The van der Waals surface area contributed by atoms with Gasteiger partial charge < -0.3 is 35.4 Å². The van der Waals surface area contributed by atoms with Gasteiger partial charge in [0.2, 0.25) is 11.4 Å². The van der Waals surface area contributed by atoms with E-state index in [2.05, 4.69) is 6.92 Å². The van der Waals surface area contributed by atoms with E-state index in [9.17, 15) is 35.4 Å². The molecule has 1 aliphatic heterocycles. The molecular formula is C19H36O8. The number of aliphatic carboxylic acids is 1. The van der Waals surface area contributed by atoms with Gasteiger partial charge in [-0.05, 0) is 6.42 Å². The number of hydrogen-bond donors (Lipinski definition) is 6. The summed E-state index contributed by atoms with van der Waals surface area (Å²) in [6.45, 7) is 1.45. The minimum absolute atomic E-state index is 0.230. The van der Waals surface area contributed by atoms with E-state index in [1.54, 1.807) is 0 Å². The average molecular weight is 392 g/mol. The zero-order valence-corrected chi connectivity index (χ0v) is 16.2. The van der Waals surface area contributed by atoms with E-state index in [4.69, 9.17) is 4.74 Å². The first-order chi connectivity index (χ1) is 12.7. The van der Waals surface area contributed by atoms with Gasteiger partial charge in [-0.15, -0.1) is 0 Å². The Hall–Kier alpha value is -0.770. The summed E-state index contributed by atoms with van der Waals surface area (Å²) in [5, 5.41) is 59.4. The molecule has 0 aromatic carbocycles. The van der Waals surface area contributed by atoms with Gasteiger partial charge in [-0.3, -0.25) is 0 Å². The highest BCUT2D eigenvalue weighted by molar-refractivity contribution is 5.80. The molecule has 1 unspecified atom stereocenters. The Morgan fingerprint density at radius 1 is 0.926 bits per heavy atom. The lowest BCUT2D eigenvalue weighted by Gasteiger charge is -2.50. The van der Waals surface area contributed by atoms with Crippen LogP contribution < -0.4 is 0 Å². The quantitative estimate of drug-likeness (QED) is 0.253. The number of carboxylic acids is 1. The van der Waals surface area contributed by atoms with Gasteiger partial charge in [0.25, 0.3) is 0 Å². The molecule has 1 aliphatic rings. The molecule has 0 amide bonds. The molecule has 0 bridgehead atoms. The number of carbonyl (C=O) groups is 1. The third kappa shape index (κ3) is 5.85. The third-order valence-corrected chi connectivity index (χ3v) is 5.45. The molecule has 1 saturated heterocycles. The average Bonchev–Trinajstić information content (AvgIpc) is 2.64. The highest BCUT2D eigenvalue weighted by Gasteiger charge is 2.67. The molecule has 1 fully saturated rings. The van der Waals surface area contributed by atoms with Gasteiger partial charge in [0.05, 0.1) is 6.61 Å². The summed E-state index contributed by atoms with van der Waals surface area (Å²) < 4.78 is 5.13. The number of aliphatic hydroxyl groups excluding tert-OH is 3. The number of unbranched alkanes of at least 4 members (excludes halogenated alkanes) is 9. The molecule has 0 radical (unpaired) electrons. The first-order valence-electron chi connectivity index (χ1n) is 10.1. The van der Waals surface area contributed by atoms with Gasteiger partial charge in [0, 0.05) is 6.42 Å². The highest BCUT2D eigenvalue weighted by Crippen LogP contribution is 2.40. The second kappa shape index (κ2) is 11.3. The standard InChI is InChI=1S/C19H36O8/c1-2-3-4-5-6-7-8-9-10-11-12-18(25)19(26,17(23)24)16(22)15(21)14(13-20)27-18/h14-16,20-22,25-26H,2-13H2,1H3,(H,23,24)/t14-,15-,16+,18?,19+/m1/s1. The van der Waals surface area contributed by atoms with Crippen LogP contribution in [-0.4, -0.2) is 72.9 Å². The monoisotopic (exact) mass is 392 g/mol. The lowest BCUT2D eigenvalue weighted by Crippen LogP contribution is -2.76. The summed E-state index contributed by atoms with van der Waals surface area (Å²) in [7, 11) is 0. The number of ether oxygens (including phenoxy) is 1. The molecule has 6 N–H and O–H groups in total. The normalized spacial score (nSPS) is 33.9. The van der Waals surface area contributed by atoms with E-state index >= 15 is 0 Å². The summed E-state index contributed by atoms with van der Waals surface area (Å²) in [5.41, 5.74) is -3.07. The zero-order chi connectivity index (χ0) is 20.5. The lowest BCUT2D eigenvalue weighted by atomic mass is 9.77. The van der Waals surface area contributed by atoms with E-state index < -0.39 is 42.3 Å². The molecular weight excluding hydrogens is 356 g/mol. The topological polar surface area (TPSA) is 148 Å². The van der Waals surface area contributed by atoms with Crippen LogP contribution in [0.4, 0.5) is 0 Å².